The summed E-state index contributed by atoms with van der Waals surface area (Å²) in [5.74, 6) is -0.374. The third-order valence-electron chi connectivity index (χ3n) is 4.70. The van der Waals surface area contributed by atoms with E-state index in [1.165, 1.54) is 23.5 Å². The molecule has 1 saturated heterocycles. The molecule has 11 heteroatoms. The van der Waals surface area contributed by atoms with Gasteiger partial charge in [0, 0.05) is 23.8 Å². The number of ether oxygens (including phenoxy) is 1. The number of hydrogen-bond acceptors (Lipinski definition) is 8. The Bertz CT molecular complexity index is 1150. The van der Waals surface area contributed by atoms with Crippen molar-refractivity contribution in [1.82, 2.24) is 20.0 Å². The number of carbonyl (C=O) groups is 1. The molecule has 3 aromatic rings. The van der Waals surface area contributed by atoms with E-state index in [9.17, 15) is 13.2 Å². The molecule has 4 rings (SSSR count). The number of aromatic nitrogens is 4. The monoisotopic (exact) mass is 433 g/mol. The molecule has 29 heavy (non-hydrogen) atoms. The summed E-state index contributed by atoms with van der Waals surface area (Å²) in [7, 11) is -3.25. The molecule has 0 spiro atoms. The summed E-state index contributed by atoms with van der Waals surface area (Å²) in [6.07, 6.45) is 2.01. The maximum Gasteiger partial charge on any atom is 0.279 e. The van der Waals surface area contributed by atoms with Gasteiger partial charge in [-0.05, 0) is 25.5 Å². The molecule has 1 atom stereocenters. The normalized spacial score (nSPS) is 16.8. The van der Waals surface area contributed by atoms with Gasteiger partial charge in [0.1, 0.15) is 0 Å². The molecule has 152 valence electrons. The molecular weight excluding hydrogens is 414 g/mol. The number of thiazole rings is 1. The summed E-state index contributed by atoms with van der Waals surface area (Å²) in [6, 6.07) is 6.56. The Morgan fingerprint density at radius 3 is 2.72 bits per heavy atom. The SMILES string of the molecule is Cc1c(C(=O)Nc2nc(-c3ccc(S(C)(=O)=O)cc3)cs2)nnn1C1CCOC1. The van der Waals surface area contributed by atoms with Gasteiger partial charge in [-0.3, -0.25) is 10.1 Å². The Morgan fingerprint density at radius 1 is 1.31 bits per heavy atom. The lowest BCUT2D eigenvalue weighted by Gasteiger charge is -2.09. The van der Waals surface area contributed by atoms with E-state index in [4.69, 9.17) is 4.74 Å². The molecule has 1 aliphatic rings. The maximum atomic E-state index is 12.6. The highest BCUT2D eigenvalue weighted by atomic mass is 32.2. The van der Waals surface area contributed by atoms with Gasteiger partial charge in [-0.2, -0.15) is 0 Å². The highest BCUT2D eigenvalue weighted by Crippen LogP contribution is 2.27. The highest BCUT2D eigenvalue weighted by Gasteiger charge is 2.25. The van der Waals surface area contributed by atoms with Crippen molar-refractivity contribution < 1.29 is 17.9 Å². The van der Waals surface area contributed by atoms with Gasteiger partial charge in [-0.25, -0.2) is 18.1 Å². The van der Waals surface area contributed by atoms with Crippen molar-refractivity contribution in [3.63, 3.8) is 0 Å². The molecule has 1 aromatic carbocycles. The van der Waals surface area contributed by atoms with Gasteiger partial charge in [0.15, 0.2) is 20.7 Å². The largest absolute Gasteiger partial charge is 0.379 e. The molecule has 0 saturated carbocycles. The fraction of sp³-hybridized carbons (Fsp3) is 0.333. The fourth-order valence-corrected chi connectivity index (χ4v) is 4.45. The molecular formula is C18H19N5O4S2. The minimum atomic E-state index is -3.25. The first-order valence-electron chi connectivity index (χ1n) is 8.90. The first-order valence-corrected chi connectivity index (χ1v) is 11.7. The Kier molecular flexibility index (Phi) is 5.19. The number of anilines is 1. The topological polar surface area (TPSA) is 116 Å². The van der Waals surface area contributed by atoms with Crippen molar-refractivity contribution in [3.05, 3.63) is 41.0 Å². The minimum Gasteiger partial charge on any atom is -0.379 e. The summed E-state index contributed by atoms with van der Waals surface area (Å²) in [5, 5.41) is 13.1. The molecule has 1 unspecified atom stereocenters. The highest BCUT2D eigenvalue weighted by molar-refractivity contribution is 7.90. The molecule has 0 radical (unpaired) electrons. The van der Waals surface area contributed by atoms with Crippen LogP contribution in [0.2, 0.25) is 0 Å². The van der Waals surface area contributed by atoms with Crippen molar-refractivity contribution in [2.75, 3.05) is 24.8 Å². The van der Waals surface area contributed by atoms with Crippen LogP contribution >= 0.6 is 11.3 Å². The molecule has 0 aliphatic carbocycles. The number of amides is 1. The second-order valence-electron chi connectivity index (χ2n) is 6.77. The van der Waals surface area contributed by atoms with Crippen molar-refractivity contribution in [2.24, 2.45) is 0 Å². The van der Waals surface area contributed by atoms with Crippen molar-refractivity contribution in [2.45, 2.75) is 24.3 Å². The lowest BCUT2D eigenvalue weighted by molar-refractivity contribution is 0.102. The molecule has 1 fully saturated rings. The summed E-state index contributed by atoms with van der Waals surface area (Å²) in [4.78, 5) is 17.3. The van der Waals surface area contributed by atoms with Crippen LogP contribution in [-0.2, 0) is 14.6 Å². The summed E-state index contributed by atoms with van der Waals surface area (Å²) in [6.45, 7) is 3.06. The average molecular weight is 434 g/mol. The lowest BCUT2D eigenvalue weighted by Crippen LogP contribution is -2.16. The van der Waals surface area contributed by atoms with Crippen LogP contribution in [0.4, 0.5) is 5.13 Å². The van der Waals surface area contributed by atoms with E-state index in [1.807, 2.05) is 6.92 Å². The van der Waals surface area contributed by atoms with E-state index in [0.717, 1.165) is 18.2 Å². The van der Waals surface area contributed by atoms with Gasteiger partial charge in [-0.1, -0.05) is 17.3 Å². The third kappa shape index (κ3) is 4.07. The number of sulfone groups is 1. The van der Waals surface area contributed by atoms with Crippen LogP contribution < -0.4 is 5.32 Å². The van der Waals surface area contributed by atoms with E-state index < -0.39 is 9.84 Å². The van der Waals surface area contributed by atoms with E-state index in [1.54, 1.807) is 22.2 Å². The summed E-state index contributed by atoms with van der Waals surface area (Å²) >= 11 is 1.28. The molecule has 3 heterocycles. The van der Waals surface area contributed by atoms with Crippen molar-refractivity contribution >= 4 is 32.2 Å². The predicted octanol–water partition coefficient (Wildman–Crippen LogP) is 2.33. The Hall–Kier alpha value is -2.63. The number of nitrogens with zero attached hydrogens (tertiary/aromatic N) is 4. The summed E-state index contributed by atoms with van der Waals surface area (Å²) < 4.78 is 30.3. The Morgan fingerprint density at radius 2 is 2.07 bits per heavy atom. The zero-order valence-corrected chi connectivity index (χ0v) is 17.5. The zero-order chi connectivity index (χ0) is 20.6. The Balaban J connectivity index is 1.48. The smallest absolute Gasteiger partial charge is 0.279 e. The van der Waals surface area contributed by atoms with E-state index in [0.29, 0.717) is 29.7 Å². The molecule has 9 nitrogen and oxygen atoms in total. The number of carbonyl (C=O) groups excluding carboxylic acids is 1. The van der Waals surface area contributed by atoms with Gasteiger partial charge in [0.25, 0.3) is 5.91 Å². The van der Waals surface area contributed by atoms with Crippen molar-refractivity contribution in [3.8, 4) is 11.3 Å². The van der Waals surface area contributed by atoms with Gasteiger partial charge in [0.2, 0.25) is 0 Å². The quantitative estimate of drug-likeness (QED) is 0.656. The number of hydrogen-bond donors (Lipinski definition) is 1. The number of nitrogens with one attached hydrogen (secondary N) is 1. The standard InChI is InChI=1S/C18H19N5O4S2/c1-11-16(21-22-23(11)13-7-8-27-9-13)17(24)20-18-19-15(10-28-18)12-3-5-14(6-4-12)29(2,25)26/h3-6,10,13H,7-9H2,1-2H3,(H,19,20,24). The zero-order valence-electron chi connectivity index (χ0n) is 15.8. The maximum absolute atomic E-state index is 12.6. The van der Waals surface area contributed by atoms with Crippen molar-refractivity contribution in [1.29, 1.82) is 0 Å². The lowest BCUT2D eigenvalue weighted by atomic mass is 10.2. The van der Waals surface area contributed by atoms with Crippen LogP contribution in [-0.4, -0.2) is 53.8 Å². The molecule has 1 amide bonds. The predicted molar refractivity (Wildman–Crippen MR) is 108 cm³/mol. The molecule has 1 N–H and O–H groups in total. The second-order valence-corrected chi connectivity index (χ2v) is 9.65. The van der Waals surface area contributed by atoms with Crippen LogP contribution in [0, 0.1) is 6.92 Å². The molecule has 1 aliphatic heterocycles. The van der Waals surface area contributed by atoms with Gasteiger partial charge in [0.05, 0.1) is 28.9 Å². The van der Waals surface area contributed by atoms with E-state index >= 15 is 0 Å². The Labute approximate surface area is 171 Å². The van der Waals surface area contributed by atoms with Crippen LogP contribution in [0.15, 0.2) is 34.5 Å². The third-order valence-corrected chi connectivity index (χ3v) is 6.58. The van der Waals surface area contributed by atoms with Crippen LogP contribution in [0.25, 0.3) is 11.3 Å². The number of rotatable bonds is 5. The van der Waals surface area contributed by atoms with Crippen LogP contribution in [0.1, 0.15) is 28.6 Å². The van der Waals surface area contributed by atoms with E-state index in [2.05, 4.69) is 20.6 Å². The first kappa shape index (κ1) is 19.7. The summed E-state index contributed by atoms with van der Waals surface area (Å²) in [5.41, 5.74) is 2.35. The van der Waals surface area contributed by atoms with E-state index in [-0.39, 0.29) is 22.5 Å². The van der Waals surface area contributed by atoms with Crippen LogP contribution in [0.5, 0.6) is 0 Å². The molecule has 0 bridgehead atoms. The molecule has 2 aromatic heterocycles. The average Bonchev–Trinajstić information content (AvgIpc) is 3.41. The minimum absolute atomic E-state index is 0.102. The van der Waals surface area contributed by atoms with Gasteiger partial charge >= 0.3 is 0 Å². The second kappa shape index (κ2) is 7.65. The fourth-order valence-electron chi connectivity index (χ4n) is 3.11. The van der Waals surface area contributed by atoms with Gasteiger partial charge in [-0.15, -0.1) is 16.4 Å². The van der Waals surface area contributed by atoms with Crippen LogP contribution in [0.3, 0.4) is 0 Å². The van der Waals surface area contributed by atoms with Gasteiger partial charge < -0.3 is 4.74 Å². The first-order chi connectivity index (χ1) is 13.8. The number of benzene rings is 1.